The Bertz CT molecular complexity index is 840. The summed E-state index contributed by atoms with van der Waals surface area (Å²) in [5.41, 5.74) is 1.60. The van der Waals surface area contributed by atoms with E-state index in [1.165, 1.54) is 12.1 Å². The molecule has 2 aromatic rings. The maximum atomic E-state index is 13.1. The van der Waals surface area contributed by atoms with Crippen molar-refractivity contribution in [1.29, 1.82) is 0 Å². The maximum absolute atomic E-state index is 13.1. The summed E-state index contributed by atoms with van der Waals surface area (Å²) in [6.07, 6.45) is 1.94. The summed E-state index contributed by atoms with van der Waals surface area (Å²) in [6.45, 7) is 6.30. The van der Waals surface area contributed by atoms with Crippen molar-refractivity contribution in [2.75, 3.05) is 56.2 Å². The Labute approximate surface area is 195 Å². The number of ether oxygens (including phenoxy) is 2. The number of β-amino-alcohol motifs (C(OH)–C–C–N with tert-alkyl or cyclic N) is 1. The molecule has 0 spiro atoms. The zero-order valence-corrected chi connectivity index (χ0v) is 19.2. The first-order valence-electron chi connectivity index (χ1n) is 11.6. The second-order valence-corrected chi connectivity index (χ2v) is 8.22. The molecular weight excluding hydrogens is 425 g/mol. The molecule has 1 heterocycles. The van der Waals surface area contributed by atoms with Gasteiger partial charge in [0, 0.05) is 44.1 Å². The molecule has 180 valence electrons. The number of carbonyl (C=O) groups is 1. The first kappa shape index (κ1) is 24.8. The number of benzene rings is 2. The molecule has 1 saturated heterocycles. The van der Waals surface area contributed by atoms with Crippen molar-refractivity contribution in [2.24, 2.45) is 0 Å². The number of aliphatic hydroxyl groups is 1. The molecule has 0 aliphatic carbocycles. The molecule has 1 unspecified atom stereocenters. The van der Waals surface area contributed by atoms with Gasteiger partial charge in [0.1, 0.15) is 24.3 Å². The minimum atomic E-state index is -0.771. The predicted octanol–water partition coefficient (Wildman–Crippen LogP) is 4.13. The molecule has 3 rings (SSSR count). The Kier molecular flexibility index (Phi) is 9.77. The smallest absolute Gasteiger partial charge is 0.411 e. The molecule has 0 radical (unpaired) electrons. The summed E-state index contributed by atoms with van der Waals surface area (Å²) < 4.78 is 23.9. The molecule has 1 atom stereocenters. The Morgan fingerprint density at radius 2 is 1.76 bits per heavy atom. The SMILES string of the molecule is CCCCCOc1ccc(NC(=O)OCC(O)CN2CCN(c3ccc(F)cc3)CC2)cc1. The van der Waals surface area contributed by atoms with Gasteiger partial charge in [-0.1, -0.05) is 19.8 Å². The fraction of sp³-hybridized carbons (Fsp3) is 0.480. The fourth-order valence-electron chi connectivity index (χ4n) is 3.69. The van der Waals surface area contributed by atoms with E-state index in [0.29, 0.717) is 18.8 Å². The van der Waals surface area contributed by atoms with Crippen molar-refractivity contribution >= 4 is 17.5 Å². The van der Waals surface area contributed by atoms with Gasteiger partial charge in [-0.15, -0.1) is 0 Å². The molecule has 1 amide bonds. The third kappa shape index (κ3) is 8.55. The summed E-state index contributed by atoms with van der Waals surface area (Å²) in [4.78, 5) is 16.4. The Hall–Kier alpha value is -2.84. The van der Waals surface area contributed by atoms with Crippen LogP contribution in [0.25, 0.3) is 0 Å². The van der Waals surface area contributed by atoms with E-state index in [0.717, 1.165) is 56.9 Å². The van der Waals surface area contributed by atoms with Gasteiger partial charge in [-0.2, -0.15) is 0 Å². The van der Waals surface area contributed by atoms with Gasteiger partial charge in [0.15, 0.2) is 0 Å². The molecule has 0 saturated carbocycles. The van der Waals surface area contributed by atoms with E-state index >= 15 is 0 Å². The lowest BCUT2D eigenvalue weighted by molar-refractivity contribution is 0.0469. The van der Waals surface area contributed by atoms with E-state index in [9.17, 15) is 14.3 Å². The Morgan fingerprint density at radius 1 is 1.06 bits per heavy atom. The molecule has 1 fully saturated rings. The third-order valence-electron chi connectivity index (χ3n) is 5.56. The van der Waals surface area contributed by atoms with Crippen LogP contribution in [0.1, 0.15) is 26.2 Å². The highest BCUT2D eigenvalue weighted by Gasteiger charge is 2.20. The highest BCUT2D eigenvalue weighted by atomic mass is 19.1. The lowest BCUT2D eigenvalue weighted by Gasteiger charge is -2.36. The number of unbranched alkanes of at least 4 members (excludes halogenated alkanes) is 2. The van der Waals surface area contributed by atoms with Crippen LogP contribution in [-0.2, 0) is 4.74 Å². The van der Waals surface area contributed by atoms with E-state index in [-0.39, 0.29) is 12.4 Å². The minimum absolute atomic E-state index is 0.0807. The molecule has 33 heavy (non-hydrogen) atoms. The van der Waals surface area contributed by atoms with Gasteiger partial charge >= 0.3 is 6.09 Å². The molecule has 7 nitrogen and oxygen atoms in total. The van der Waals surface area contributed by atoms with Crippen LogP contribution >= 0.6 is 0 Å². The monoisotopic (exact) mass is 459 g/mol. The number of hydrogen-bond donors (Lipinski definition) is 2. The maximum Gasteiger partial charge on any atom is 0.411 e. The van der Waals surface area contributed by atoms with E-state index < -0.39 is 12.2 Å². The number of amides is 1. The number of piperazine rings is 1. The predicted molar refractivity (Wildman–Crippen MR) is 127 cm³/mol. The molecule has 2 N–H and O–H groups in total. The van der Waals surface area contributed by atoms with Crippen molar-refractivity contribution in [3.8, 4) is 5.75 Å². The zero-order chi connectivity index (χ0) is 23.5. The third-order valence-corrected chi connectivity index (χ3v) is 5.56. The number of aliphatic hydroxyl groups excluding tert-OH is 1. The molecule has 8 heteroatoms. The molecule has 1 aliphatic heterocycles. The molecule has 2 aromatic carbocycles. The average molecular weight is 460 g/mol. The van der Waals surface area contributed by atoms with Gasteiger partial charge in [-0.25, -0.2) is 9.18 Å². The molecule has 0 aromatic heterocycles. The summed E-state index contributed by atoms with van der Waals surface area (Å²) in [5.74, 6) is 0.522. The highest BCUT2D eigenvalue weighted by Crippen LogP contribution is 2.18. The number of anilines is 2. The van der Waals surface area contributed by atoms with Crippen LogP contribution in [0.3, 0.4) is 0 Å². The summed E-state index contributed by atoms with van der Waals surface area (Å²) >= 11 is 0. The van der Waals surface area contributed by atoms with Crippen molar-refractivity contribution in [3.63, 3.8) is 0 Å². The van der Waals surface area contributed by atoms with Crippen molar-refractivity contribution in [2.45, 2.75) is 32.3 Å². The Morgan fingerprint density at radius 3 is 2.42 bits per heavy atom. The lowest BCUT2D eigenvalue weighted by Crippen LogP contribution is -2.49. The Balaban J connectivity index is 1.31. The summed E-state index contributed by atoms with van der Waals surface area (Å²) in [7, 11) is 0. The van der Waals surface area contributed by atoms with Crippen LogP contribution < -0.4 is 15.0 Å². The van der Waals surface area contributed by atoms with Crippen molar-refractivity contribution in [1.82, 2.24) is 4.90 Å². The summed E-state index contributed by atoms with van der Waals surface area (Å²) in [5, 5.41) is 12.9. The number of nitrogens with one attached hydrogen (secondary N) is 1. The molecule has 1 aliphatic rings. The fourth-order valence-corrected chi connectivity index (χ4v) is 3.69. The van der Waals surface area contributed by atoms with Gasteiger partial charge in [-0.3, -0.25) is 10.2 Å². The standard InChI is InChI=1S/C25H34FN3O4/c1-2-3-4-17-32-24-11-7-21(8-12-24)27-25(31)33-19-23(30)18-28-13-15-29(16-14-28)22-9-5-20(26)6-10-22/h5-12,23,30H,2-4,13-19H2,1H3,(H,27,31). The van der Waals surface area contributed by atoms with Gasteiger partial charge in [0.25, 0.3) is 0 Å². The lowest BCUT2D eigenvalue weighted by atomic mass is 10.2. The quantitative estimate of drug-likeness (QED) is 0.493. The topological polar surface area (TPSA) is 74.3 Å². The van der Waals surface area contributed by atoms with Crippen molar-refractivity contribution < 1.29 is 23.8 Å². The van der Waals surface area contributed by atoms with Crippen LogP contribution in [0.5, 0.6) is 5.75 Å². The van der Waals surface area contributed by atoms with E-state index in [1.807, 2.05) is 12.1 Å². The highest BCUT2D eigenvalue weighted by molar-refractivity contribution is 5.84. The van der Waals surface area contributed by atoms with E-state index in [4.69, 9.17) is 9.47 Å². The van der Waals surface area contributed by atoms with Crippen LogP contribution in [0.4, 0.5) is 20.6 Å². The first-order chi connectivity index (χ1) is 16.0. The zero-order valence-electron chi connectivity index (χ0n) is 19.2. The van der Waals surface area contributed by atoms with Gasteiger partial charge in [0.2, 0.25) is 0 Å². The van der Waals surface area contributed by atoms with Gasteiger partial charge in [0.05, 0.1) is 6.61 Å². The summed E-state index contributed by atoms with van der Waals surface area (Å²) in [6, 6.07) is 13.6. The number of rotatable bonds is 11. The van der Waals surface area contributed by atoms with Crippen LogP contribution in [0.2, 0.25) is 0 Å². The van der Waals surface area contributed by atoms with Crippen LogP contribution in [0.15, 0.2) is 48.5 Å². The minimum Gasteiger partial charge on any atom is -0.494 e. The second-order valence-electron chi connectivity index (χ2n) is 8.22. The van der Waals surface area contributed by atoms with Gasteiger partial charge < -0.3 is 19.5 Å². The number of nitrogens with zero attached hydrogens (tertiary/aromatic N) is 2. The normalized spacial score (nSPS) is 15.2. The van der Waals surface area contributed by atoms with Gasteiger partial charge in [-0.05, 0) is 55.0 Å². The van der Waals surface area contributed by atoms with Crippen molar-refractivity contribution in [3.05, 3.63) is 54.3 Å². The average Bonchev–Trinajstić information content (AvgIpc) is 2.83. The van der Waals surface area contributed by atoms with Crippen LogP contribution in [0, 0.1) is 5.82 Å². The number of hydrogen-bond acceptors (Lipinski definition) is 6. The number of carbonyl (C=O) groups excluding carboxylic acids is 1. The van der Waals surface area contributed by atoms with E-state index in [1.54, 1.807) is 24.3 Å². The second kappa shape index (κ2) is 13.0. The molecule has 0 bridgehead atoms. The first-order valence-corrected chi connectivity index (χ1v) is 11.6. The molecular formula is C25H34FN3O4. The van der Waals surface area contributed by atoms with E-state index in [2.05, 4.69) is 22.0 Å². The van der Waals surface area contributed by atoms with Crippen LogP contribution in [-0.4, -0.2) is 68.1 Å². The number of halogens is 1. The largest absolute Gasteiger partial charge is 0.494 e.